The Morgan fingerprint density at radius 3 is 2.44 bits per heavy atom. The lowest BCUT2D eigenvalue weighted by atomic mass is 9.87. The lowest BCUT2D eigenvalue weighted by molar-refractivity contribution is 0.562. The number of aromatic nitrogens is 3. The van der Waals surface area contributed by atoms with Gasteiger partial charge in [0.1, 0.15) is 0 Å². The summed E-state index contributed by atoms with van der Waals surface area (Å²) in [6.07, 6.45) is 4.88. The van der Waals surface area contributed by atoms with Crippen LogP contribution in [0.4, 0.5) is 0 Å². The van der Waals surface area contributed by atoms with Gasteiger partial charge in [-0.05, 0) is 18.1 Å². The van der Waals surface area contributed by atoms with Crippen LogP contribution in [0.25, 0.3) is 11.3 Å². The molecule has 0 spiro atoms. The summed E-state index contributed by atoms with van der Waals surface area (Å²) in [5.74, 6) is 0. The molecule has 0 bridgehead atoms. The van der Waals surface area contributed by atoms with E-state index in [1.807, 2.05) is 24.1 Å². The predicted molar refractivity (Wildman–Crippen MR) is 74.5 cm³/mol. The van der Waals surface area contributed by atoms with Gasteiger partial charge in [-0.2, -0.15) is 5.10 Å². The number of pyridine rings is 1. The molecule has 0 aromatic carbocycles. The number of hydrogen-bond donors (Lipinski definition) is 0. The zero-order chi connectivity index (χ0) is 13.3. The minimum absolute atomic E-state index is 0.0730. The standard InChI is InChI=1S/C15H21N3/c1-6-11-7-8-13(12-9-16-18(5)10-12)17-14(11)15(2,3)4/h7-10H,6H2,1-5H3. The van der Waals surface area contributed by atoms with E-state index in [0.717, 1.165) is 17.7 Å². The van der Waals surface area contributed by atoms with Crippen LogP contribution in [0.15, 0.2) is 24.5 Å². The Balaban J connectivity index is 2.52. The van der Waals surface area contributed by atoms with Crippen molar-refractivity contribution in [2.24, 2.45) is 7.05 Å². The maximum absolute atomic E-state index is 4.85. The third kappa shape index (κ3) is 2.45. The maximum atomic E-state index is 4.85. The van der Waals surface area contributed by atoms with Crippen molar-refractivity contribution in [1.82, 2.24) is 14.8 Å². The highest BCUT2D eigenvalue weighted by atomic mass is 15.2. The van der Waals surface area contributed by atoms with Crippen LogP contribution in [0.3, 0.4) is 0 Å². The fourth-order valence-electron chi connectivity index (χ4n) is 2.14. The van der Waals surface area contributed by atoms with E-state index >= 15 is 0 Å². The van der Waals surface area contributed by atoms with Gasteiger partial charge in [-0.15, -0.1) is 0 Å². The number of rotatable bonds is 2. The fourth-order valence-corrected chi connectivity index (χ4v) is 2.14. The number of nitrogens with zero attached hydrogens (tertiary/aromatic N) is 3. The monoisotopic (exact) mass is 243 g/mol. The van der Waals surface area contributed by atoms with Crippen molar-refractivity contribution in [2.75, 3.05) is 0 Å². The second kappa shape index (κ2) is 4.56. The fraction of sp³-hybridized carbons (Fsp3) is 0.467. The molecule has 0 atom stereocenters. The first-order valence-electron chi connectivity index (χ1n) is 6.41. The SMILES string of the molecule is CCc1ccc(-c2cnn(C)c2)nc1C(C)(C)C. The first-order chi connectivity index (χ1) is 8.41. The Labute approximate surface area is 109 Å². The molecule has 0 aliphatic rings. The average Bonchev–Trinajstić information content (AvgIpc) is 2.74. The molecule has 2 aromatic heterocycles. The van der Waals surface area contributed by atoms with Crippen molar-refractivity contribution in [2.45, 2.75) is 39.5 Å². The van der Waals surface area contributed by atoms with Crippen molar-refractivity contribution in [3.8, 4) is 11.3 Å². The van der Waals surface area contributed by atoms with Crippen LogP contribution in [0.1, 0.15) is 39.0 Å². The van der Waals surface area contributed by atoms with Gasteiger partial charge in [0.2, 0.25) is 0 Å². The molecule has 2 aromatic rings. The molecule has 0 saturated heterocycles. The van der Waals surface area contributed by atoms with Gasteiger partial charge in [0, 0.05) is 29.9 Å². The molecule has 2 heterocycles. The molecule has 3 nitrogen and oxygen atoms in total. The molecule has 0 radical (unpaired) electrons. The van der Waals surface area contributed by atoms with Crippen LogP contribution in [0, 0.1) is 0 Å². The highest BCUT2D eigenvalue weighted by Gasteiger charge is 2.20. The van der Waals surface area contributed by atoms with Gasteiger partial charge in [-0.25, -0.2) is 0 Å². The summed E-state index contributed by atoms with van der Waals surface area (Å²) < 4.78 is 1.81. The van der Waals surface area contributed by atoms with Crippen molar-refractivity contribution >= 4 is 0 Å². The third-order valence-corrected chi connectivity index (χ3v) is 3.07. The van der Waals surface area contributed by atoms with Gasteiger partial charge in [0.05, 0.1) is 11.9 Å². The molecule has 0 unspecified atom stereocenters. The van der Waals surface area contributed by atoms with E-state index < -0.39 is 0 Å². The van der Waals surface area contributed by atoms with Crippen molar-refractivity contribution in [3.63, 3.8) is 0 Å². The van der Waals surface area contributed by atoms with Gasteiger partial charge in [0.15, 0.2) is 0 Å². The van der Waals surface area contributed by atoms with Crippen LogP contribution < -0.4 is 0 Å². The van der Waals surface area contributed by atoms with Crippen LogP contribution in [0.5, 0.6) is 0 Å². The Bertz CT molecular complexity index is 547. The topological polar surface area (TPSA) is 30.7 Å². The van der Waals surface area contributed by atoms with E-state index in [1.54, 1.807) is 0 Å². The van der Waals surface area contributed by atoms with Gasteiger partial charge in [-0.1, -0.05) is 33.8 Å². The quantitative estimate of drug-likeness (QED) is 0.810. The third-order valence-electron chi connectivity index (χ3n) is 3.07. The normalized spacial score (nSPS) is 11.8. The van der Waals surface area contributed by atoms with Crippen LogP contribution in [-0.2, 0) is 18.9 Å². The average molecular weight is 243 g/mol. The summed E-state index contributed by atoms with van der Waals surface area (Å²) in [6.45, 7) is 8.81. The van der Waals surface area contributed by atoms with E-state index in [9.17, 15) is 0 Å². The van der Waals surface area contributed by atoms with Crippen LogP contribution in [-0.4, -0.2) is 14.8 Å². The van der Waals surface area contributed by atoms with E-state index in [0.29, 0.717) is 0 Å². The Hall–Kier alpha value is -1.64. The zero-order valence-electron chi connectivity index (χ0n) is 11.9. The molecule has 0 fully saturated rings. The van der Waals surface area contributed by atoms with Crippen LogP contribution >= 0.6 is 0 Å². The second-order valence-electron chi connectivity index (χ2n) is 5.71. The lowest BCUT2D eigenvalue weighted by Gasteiger charge is -2.21. The summed E-state index contributed by atoms with van der Waals surface area (Å²) >= 11 is 0. The summed E-state index contributed by atoms with van der Waals surface area (Å²) in [5, 5.41) is 4.20. The summed E-state index contributed by atoms with van der Waals surface area (Å²) in [6, 6.07) is 4.28. The smallest absolute Gasteiger partial charge is 0.0737 e. The molecule has 0 N–H and O–H groups in total. The highest BCUT2D eigenvalue weighted by molar-refractivity contribution is 5.58. The highest BCUT2D eigenvalue weighted by Crippen LogP contribution is 2.27. The van der Waals surface area contributed by atoms with Crippen molar-refractivity contribution < 1.29 is 0 Å². The van der Waals surface area contributed by atoms with E-state index in [1.165, 1.54) is 11.3 Å². The van der Waals surface area contributed by atoms with Gasteiger partial charge < -0.3 is 0 Å². The van der Waals surface area contributed by atoms with Gasteiger partial charge in [0.25, 0.3) is 0 Å². The molecule has 96 valence electrons. The molecular weight excluding hydrogens is 222 g/mol. The second-order valence-corrected chi connectivity index (χ2v) is 5.71. The first kappa shape index (κ1) is 12.8. The lowest BCUT2D eigenvalue weighted by Crippen LogP contribution is -2.16. The predicted octanol–water partition coefficient (Wildman–Crippen LogP) is 3.34. The molecule has 3 heteroatoms. The molecular formula is C15H21N3. The molecule has 0 aliphatic heterocycles. The van der Waals surface area contributed by atoms with Gasteiger partial charge >= 0.3 is 0 Å². The van der Waals surface area contributed by atoms with Crippen LogP contribution in [0.2, 0.25) is 0 Å². The van der Waals surface area contributed by atoms with E-state index in [-0.39, 0.29) is 5.41 Å². The first-order valence-corrected chi connectivity index (χ1v) is 6.41. The summed E-state index contributed by atoms with van der Waals surface area (Å²) in [7, 11) is 1.93. The number of hydrogen-bond acceptors (Lipinski definition) is 2. The van der Waals surface area contributed by atoms with E-state index in [2.05, 4.69) is 44.9 Å². The largest absolute Gasteiger partial charge is 0.275 e. The zero-order valence-corrected chi connectivity index (χ0v) is 11.9. The maximum Gasteiger partial charge on any atom is 0.0737 e. The Kier molecular flexibility index (Phi) is 3.24. The molecule has 0 amide bonds. The van der Waals surface area contributed by atoms with Crippen molar-refractivity contribution in [3.05, 3.63) is 35.8 Å². The van der Waals surface area contributed by atoms with Gasteiger partial charge in [-0.3, -0.25) is 9.67 Å². The van der Waals surface area contributed by atoms with Crippen molar-refractivity contribution in [1.29, 1.82) is 0 Å². The molecule has 0 aliphatic carbocycles. The molecule has 0 saturated carbocycles. The number of aryl methyl sites for hydroxylation is 2. The minimum Gasteiger partial charge on any atom is -0.275 e. The minimum atomic E-state index is 0.0730. The Morgan fingerprint density at radius 1 is 1.22 bits per heavy atom. The molecule has 2 rings (SSSR count). The Morgan fingerprint density at radius 2 is 1.94 bits per heavy atom. The van der Waals surface area contributed by atoms with E-state index in [4.69, 9.17) is 4.98 Å². The summed E-state index contributed by atoms with van der Waals surface area (Å²) in [4.78, 5) is 4.85. The summed E-state index contributed by atoms with van der Waals surface area (Å²) in [5.41, 5.74) is 4.67. The molecule has 18 heavy (non-hydrogen) atoms.